The Labute approximate surface area is 147 Å². The molecule has 0 saturated heterocycles. The summed E-state index contributed by atoms with van der Waals surface area (Å²) < 4.78 is 13.4. The van der Waals surface area contributed by atoms with Crippen LogP contribution in [0.25, 0.3) is 10.9 Å². The van der Waals surface area contributed by atoms with Crippen LogP contribution in [0.1, 0.15) is 18.4 Å². The van der Waals surface area contributed by atoms with Crippen LogP contribution < -0.4 is 5.32 Å². The molecule has 0 atom stereocenters. The number of anilines is 1. The number of aromatic amines is 1. The van der Waals surface area contributed by atoms with Gasteiger partial charge in [-0.1, -0.05) is 23.2 Å². The van der Waals surface area contributed by atoms with E-state index in [1.54, 1.807) is 30.5 Å². The Hall–Kier alpha value is -2.04. The van der Waals surface area contributed by atoms with E-state index in [2.05, 4.69) is 10.3 Å². The van der Waals surface area contributed by atoms with Gasteiger partial charge in [0, 0.05) is 22.8 Å². The van der Waals surface area contributed by atoms with Crippen molar-refractivity contribution in [2.24, 2.45) is 0 Å². The lowest BCUT2D eigenvalue weighted by Crippen LogP contribution is -2.27. The number of H-pyrrole nitrogens is 1. The predicted octanol–water partition coefficient (Wildman–Crippen LogP) is 5.28. The van der Waals surface area contributed by atoms with Gasteiger partial charge in [0.05, 0.1) is 15.5 Å². The van der Waals surface area contributed by atoms with E-state index in [0.717, 1.165) is 23.8 Å². The second-order valence-corrected chi connectivity index (χ2v) is 6.87. The summed E-state index contributed by atoms with van der Waals surface area (Å²) in [6, 6.07) is 9.55. The number of hydrogen-bond donors (Lipinski definition) is 2. The van der Waals surface area contributed by atoms with E-state index in [9.17, 15) is 9.18 Å². The SMILES string of the molecule is O=C(Nc1ccc(Cl)c(Cl)c1)C1(c2c[nH]c3cc(F)ccc23)CC1. The number of rotatable bonds is 3. The second-order valence-electron chi connectivity index (χ2n) is 6.06. The average molecular weight is 363 g/mol. The zero-order valence-electron chi connectivity index (χ0n) is 12.5. The maximum Gasteiger partial charge on any atom is 0.235 e. The number of halogens is 3. The molecule has 1 saturated carbocycles. The van der Waals surface area contributed by atoms with E-state index < -0.39 is 5.41 Å². The fourth-order valence-corrected chi connectivity index (χ4v) is 3.36. The molecule has 6 heteroatoms. The van der Waals surface area contributed by atoms with E-state index in [1.807, 2.05) is 0 Å². The van der Waals surface area contributed by atoms with E-state index in [0.29, 0.717) is 21.2 Å². The molecule has 2 N–H and O–H groups in total. The molecule has 2 aromatic carbocycles. The Morgan fingerprint density at radius 3 is 2.62 bits per heavy atom. The second kappa shape index (κ2) is 5.50. The van der Waals surface area contributed by atoms with Gasteiger partial charge in [-0.3, -0.25) is 4.79 Å². The summed E-state index contributed by atoms with van der Waals surface area (Å²) in [6.07, 6.45) is 3.31. The molecule has 0 aliphatic heterocycles. The van der Waals surface area contributed by atoms with Crippen molar-refractivity contribution >= 4 is 45.7 Å². The third-order valence-corrected chi connectivity index (χ3v) is 5.26. The minimum absolute atomic E-state index is 0.0916. The molecule has 1 aromatic heterocycles. The zero-order chi connectivity index (χ0) is 16.9. The van der Waals surface area contributed by atoms with E-state index in [4.69, 9.17) is 23.2 Å². The number of carbonyl (C=O) groups is 1. The van der Waals surface area contributed by atoms with Crippen molar-refractivity contribution < 1.29 is 9.18 Å². The molecule has 1 amide bonds. The first-order valence-corrected chi connectivity index (χ1v) is 8.29. The zero-order valence-corrected chi connectivity index (χ0v) is 14.0. The van der Waals surface area contributed by atoms with Crippen LogP contribution in [-0.2, 0) is 10.2 Å². The quantitative estimate of drug-likeness (QED) is 0.653. The monoisotopic (exact) mass is 362 g/mol. The highest BCUT2D eigenvalue weighted by atomic mass is 35.5. The van der Waals surface area contributed by atoms with Crippen LogP contribution in [0.5, 0.6) is 0 Å². The van der Waals surface area contributed by atoms with Gasteiger partial charge in [-0.25, -0.2) is 4.39 Å². The first kappa shape index (κ1) is 15.5. The molecule has 1 fully saturated rings. The summed E-state index contributed by atoms with van der Waals surface area (Å²) in [7, 11) is 0. The van der Waals surface area contributed by atoms with Gasteiger partial charge in [0.1, 0.15) is 5.82 Å². The molecule has 1 heterocycles. The molecule has 4 rings (SSSR count). The highest BCUT2D eigenvalue weighted by molar-refractivity contribution is 6.42. The summed E-state index contributed by atoms with van der Waals surface area (Å²) >= 11 is 11.9. The van der Waals surface area contributed by atoms with E-state index in [-0.39, 0.29) is 11.7 Å². The fraction of sp³-hybridized carbons (Fsp3) is 0.167. The Balaban J connectivity index is 1.66. The fourth-order valence-electron chi connectivity index (χ4n) is 3.06. The van der Waals surface area contributed by atoms with Crippen molar-refractivity contribution in [1.82, 2.24) is 4.98 Å². The number of fused-ring (bicyclic) bond motifs is 1. The molecule has 24 heavy (non-hydrogen) atoms. The van der Waals surface area contributed by atoms with Crippen LogP contribution in [0.2, 0.25) is 10.0 Å². The van der Waals surface area contributed by atoms with Gasteiger partial charge in [-0.2, -0.15) is 0 Å². The van der Waals surface area contributed by atoms with Gasteiger partial charge < -0.3 is 10.3 Å². The Bertz CT molecular complexity index is 963. The topological polar surface area (TPSA) is 44.9 Å². The Morgan fingerprint density at radius 2 is 1.92 bits per heavy atom. The minimum Gasteiger partial charge on any atom is -0.361 e. The Kier molecular flexibility index (Phi) is 3.55. The van der Waals surface area contributed by atoms with Crippen molar-refractivity contribution in [2.45, 2.75) is 18.3 Å². The summed E-state index contributed by atoms with van der Waals surface area (Å²) in [6.45, 7) is 0. The third kappa shape index (κ3) is 2.46. The summed E-state index contributed by atoms with van der Waals surface area (Å²) in [5.41, 5.74) is 1.61. The lowest BCUT2D eigenvalue weighted by atomic mass is 9.94. The van der Waals surface area contributed by atoms with E-state index in [1.165, 1.54) is 12.1 Å². The van der Waals surface area contributed by atoms with Crippen LogP contribution in [-0.4, -0.2) is 10.9 Å². The molecular formula is C18H13Cl2FN2O. The summed E-state index contributed by atoms with van der Waals surface area (Å²) in [5, 5.41) is 4.61. The first-order chi connectivity index (χ1) is 11.5. The maximum atomic E-state index is 13.4. The van der Waals surface area contributed by atoms with Crippen LogP contribution in [0.15, 0.2) is 42.6 Å². The van der Waals surface area contributed by atoms with Gasteiger partial charge in [0.15, 0.2) is 0 Å². The number of amides is 1. The summed E-state index contributed by atoms with van der Waals surface area (Å²) in [4.78, 5) is 15.9. The highest BCUT2D eigenvalue weighted by Crippen LogP contribution is 2.51. The molecule has 1 aliphatic rings. The summed E-state index contributed by atoms with van der Waals surface area (Å²) in [5.74, 6) is -0.396. The highest BCUT2D eigenvalue weighted by Gasteiger charge is 2.52. The third-order valence-electron chi connectivity index (χ3n) is 4.52. The van der Waals surface area contributed by atoms with Crippen LogP contribution in [0, 0.1) is 5.82 Å². The molecule has 3 nitrogen and oxygen atoms in total. The van der Waals surface area contributed by atoms with Crippen LogP contribution in [0.3, 0.4) is 0 Å². The molecule has 3 aromatic rings. The number of benzene rings is 2. The molecule has 0 spiro atoms. The maximum absolute atomic E-state index is 13.4. The normalized spacial score (nSPS) is 15.5. The van der Waals surface area contributed by atoms with Gasteiger partial charge in [-0.05, 0) is 54.8 Å². The smallest absolute Gasteiger partial charge is 0.235 e. The molecule has 1 aliphatic carbocycles. The largest absolute Gasteiger partial charge is 0.361 e. The lowest BCUT2D eigenvalue weighted by Gasteiger charge is -2.15. The lowest BCUT2D eigenvalue weighted by molar-refractivity contribution is -0.118. The first-order valence-electron chi connectivity index (χ1n) is 7.53. The molecule has 122 valence electrons. The molecule has 0 bridgehead atoms. The van der Waals surface area contributed by atoms with Gasteiger partial charge in [0.25, 0.3) is 0 Å². The van der Waals surface area contributed by atoms with Crippen molar-refractivity contribution in [1.29, 1.82) is 0 Å². The van der Waals surface area contributed by atoms with Crippen LogP contribution >= 0.6 is 23.2 Å². The average Bonchev–Trinajstić information content (AvgIpc) is 3.25. The van der Waals surface area contributed by atoms with Crippen molar-refractivity contribution in [3.8, 4) is 0 Å². The number of hydrogen-bond acceptors (Lipinski definition) is 1. The number of nitrogens with one attached hydrogen (secondary N) is 2. The van der Waals surface area contributed by atoms with Gasteiger partial charge in [-0.15, -0.1) is 0 Å². The number of aromatic nitrogens is 1. The van der Waals surface area contributed by atoms with Crippen LogP contribution in [0.4, 0.5) is 10.1 Å². The van der Waals surface area contributed by atoms with Crippen molar-refractivity contribution in [3.05, 3.63) is 64.0 Å². The standard InChI is InChI=1S/C18H13Cl2FN2O/c19-14-4-2-11(8-15(14)20)23-17(24)18(5-6-18)13-9-22-16-7-10(21)1-3-12(13)16/h1-4,7-9,22H,5-6H2,(H,23,24). The van der Waals surface area contributed by atoms with Crippen molar-refractivity contribution in [2.75, 3.05) is 5.32 Å². The van der Waals surface area contributed by atoms with Crippen molar-refractivity contribution in [3.63, 3.8) is 0 Å². The molecular weight excluding hydrogens is 350 g/mol. The molecule has 0 radical (unpaired) electrons. The Morgan fingerprint density at radius 1 is 1.12 bits per heavy atom. The number of carbonyl (C=O) groups excluding carboxylic acids is 1. The van der Waals surface area contributed by atoms with Gasteiger partial charge in [0.2, 0.25) is 5.91 Å². The molecule has 0 unspecified atom stereocenters. The van der Waals surface area contributed by atoms with E-state index >= 15 is 0 Å². The van der Waals surface area contributed by atoms with Gasteiger partial charge >= 0.3 is 0 Å². The predicted molar refractivity (Wildman–Crippen MR) is 94.3 cm³/mol. The minimum atomic E-state index is -0.581.